The SMILES string of the molecule is Ic1ccc([Si]2(c3ccccc3)c3ccccc3-c3ccccc32)cc1. The van der Waals surface area contributed by atoms with E-state index in [1.54, 1.807) is 0 Å². The molecule has 0 saturated heterocycles. The van der Waals surface area contributed by atoms with Gasteiger partial charge in [-0.25, -0.2) is 0 Å². The van der Waals surface area contributed by atoms with E-state index in [-0.39, 0.29) is 0 Å². The fraction of sp³-hybridized carbons (Fsp3) is 0. The summed E-state index contributed by atoms with van der Waals surface area (Å²) in [6.07, 6.45) is 0. The first kappa shape index (κ1) is 16.0. The average molecular weight is 460 g/mol. The van der Waals surface area contributed by atoms with Gasteiger partial charge in [0.2, 0.25) is 0 Å². The van der Waals surface area contributed by atoms with Crippen LogP contribution in [0.5, 0.6) is 0 Å². The molecule has 0 N–H and O–H groups in total. The van der Waals surface area contributed by atoms with Gasteiger partial charge < -0.3 is 0 Å². The summed E-state index contributed by atoms with van der Waals surface area (Å²) in [4.78, 5) is 0. The van der Waals surface area contributed by atoms with Gasteiger partial charge in [-0.1, -0.05) is 91.0 Å². The fourth-order valence-corrected chi connectivity index (χ4v) is 9.93. The average Bonchev–Trinajstić information content (AvgIpc) is 3.01. The van der Waals surface area contributed by atoms with Gasteiger partial charge >= 0.3 is 0 Å². The minimum absolute atomic E-state index is 1.28. The van der Waals surface area contributed by atoms with E-state index in [0.717, 1.165) is 0 Å². The van der Waals surface area contributed by atoms with Crippen LogP contribution in [-0.2, 0) is 0 Å². The van der Waals surface area contributed by atoms with E-state index >= 15 is 0 Å². The number of halogens is 1. The molecule has 0 nitrogen and oxygen atoms in total. The summed E-state index contributed by atoms with van der Waals surface area (Å²) in [6.45, 7) is 0. The zero-order valence-corrected chi connectivity index (χ0v) is 17.4. The predicted octanol–water partition coefficient (Wildman–Crippen LogP) is 3.65. The van der Waals surface area contributed by atoms with Crippen molar-refractivity contribution < 1.29 is 0 Å². The van der Waals surface area contributed by atoms with Gasteiger partial charge in [0, 0.05) is 3.57 Å². The minimum atomic E-state index is -2.25. The van der Waals surface area contributed by atoms with E-state index in [0.29, 0.717) is 0 Å². The van der Waals surface area contributed by atoms with Crippen molar-refractivity contribution >= 4 is 51.4 Å². The molecule has 0 aromatic heterocycles. The Morgan fingerprint density at radius 3 is 1.50 bits per heavy atom. The van der Waals surface area contributed by atoms with Crippen LogP contribution in [0.3, 0.4) is 0 Å². The van der Waals surface area contributed by atoms with E-state index in [1.807, 2.05) is 0 Å². The molecule has 0 aliphatic carbocycles. The summed E-state index contributed by atoms with van der Waals surface area (Å²) < 4.78 is 1.28. The predicted molar refractivity (Wildman–Crippen MR) is 122 cm³/mol. The number of hydrogen-bond donors (Lipinski definition) is 0. The van der Waals surface area contributed by atoms with Crippen molar-refractivity contribution in [2.24, 2.45) is 0 Å². The van der Waals surface area contributed by atoms with Crippen molar-refractivity contribution in [3.63, 3.8) is 0 Å². The van der Waals surface area contributed by atoms with Crippen LogP contribution in [-0.4, -0.2) is 8.07 Å². The summed E-state index contributed by atoms with van der Waals surface area (Å²) in [5.41, 5.74) is 2.80. The highest BCUT2D eigenvalue weighted by Crippen LogP contribution is 2.28. The second kappa shape index (κ2) is 6.22. The molecule has 1 aliphatic heterocycles. The lowest BCUT2D eigenvalue weighted by molar-refractivity contribution is 1.66. The first-order chi connectivity index (χ1) is 12.8. The third-order valence-corrected chi connectivity index (χ3v) is 11.0. The number of fused-ring (bicyclic) bond motifs is 3. The standard InChI is InChI=1S/C24H17ISi/c25-18-14-16-20(17-15-18)26(19-8-2-1-3-9-19)23-12-6-4-10-21(23)22-11-5-7-13-24(22)26/h1-17H. The molecular formula is C24H17ISi. The molecule has 124 valence electrons. The normalized spacial score (nSPS) is 13.9. The third-order valence-electron chi connectivity index (χ3n) is 5.44. The number of hydrogen-bond acceptors (Lipinski definition) is 0. The van der Waals surface area contributed by atoms with Crippen LogP contribution in [0, 0.1) is 3.57 Å². The van der Waals surface area contributed by atoms with Crippen LogP contribution in [0.25, 0.3) is 11.1 Å². The molecule has 4 aromatic carbocycles. The zero-order valence-electron chi connectivity index (χ0n) is 14.2. The van der Waals surface area contributed by atoms with Gasteiger partial charge in [0.1, 0.15) is 0 Å². The Bertz CT molecular complexity index is 1040. The van der Waals surface area contributed by atoms with Crippen LogP contribution < -0.4 is 20.7 Å². The number of benzene rings is 4. The maximum Gasteiger partial charge on any atom is 0.180 e. The van der Waals surface area contributed by atoms with E-state index in [1.165, 1.54) is 35.4 Å². The molecule has 0 atom stereocenters. The molecule has 0 amide bonds. The smallest absolute Gasteiger partial charge is 0.0623 e. The molecule has 4 aromatic rings. The fourth-order valence-electron chi connectivity index (χ4n) is 4.41. The van der Waals surface area contributed by atoms with Gasteiger partial charge in [0.25, 0.3) is 0 Å². The maximum atomic E-state index is 2.39. The second-order valence-corrected chi connectivity index (χ2v) is 11.7. The Morgan fingerprint density at radius 2 is 0.923 bits per heavy atom. The summed E-state index contributed by atoms with van der Waals surface area (Å²) in [5, 5.41) is 5.93. The summed E-state index contributed by atoms with van der Waals surface area (Å²) in [7, 11) is -2.25. The van der Waals surface area contributed by atoms with Crippen molar-refractivity contribution in [1.29, 1.82) is 0 Å². The molecule has 1 heterocycles. The quantitative estimate of drug-likeness (QED) is 0.279. The topological polar surface area (TPSA) is 0 Å². The van der Waals surface area contributed by atoms with Crippen molar-refractivity contribution in [2.45, 2.75) is 0 Å². The van der Waals surface area contributed by atoms with Crippen molar-refractivity contribution in [1.82, 2.24) is 0 Å². The third kappa shape index (κ3) is 2.18. The van der Waals surface area contributed by atoms with Crippen molar-refractivity contribution in [3.05, 3.63) is 107 Å². The van der Waals surface area contributed by atoms with Crippen LogP contribution >= 0.6 is 22.6 Å². The van der Waals surface area contributed by atoms with Gasteiger partial charge in [0.15, 0.2) is 8.07 Å². The lowest BCUT2D eigenvalue weighted by Gasteiger charge is -2.31. The van der Waals surface area contributed by atoms with Crippen LogP contribution in [0.4, 0.5) is 0 Å². The van der Waals surface area contributed by atoms with Gasteiger partial charge in [0.05, 0.1) is 0 Å². The molecule has 0 radical (unpaired) electrons. The van der Waals surface area contributed by atoms with Gasteiger partial charge in [-0.05, 0) is 66.6 Å². The van der Waals surface area contributed by atoms with Crippen LogP contribution in [0.15, 0.2) is 103 Å². The van der Waals surface area contributed by atoms with Gasteiger partial charge in [-0.15, -0.1) is 0 Å². The minimum Gasteiger partial charge on any atom is -0.0623 e. The largest absolute Gasteiger partial charge is 0.180 e. The Balaban J connectivity index is 1.96. The van der Waals surface area contributed by atoms with E-state index < -0.39 is 8.07 Å². The maximum absolute atomic E-state index is 2.39. The highest BCUT2D eigenvalue weighted by atomic mass is 127. The molecule has 0 bridgehead atoms. The van der Waals surface area contributed by atoms with Gasteiger partial charge in [-0.2, -0.15) is 0 Å². The first-order valence-corrected chi connectivity index (χ1v) is 11.9. The number of rotatable bonds is 2. The Labute approximate surface area is 168 Å². The Morgan fingerprint density at radius 1 is 0.462 bits per heavy atom. The molecule has 5 rings (SSSR count). The zero-order chi connectivity index (χ0) is 17.6. The lowest BCUT2D eigenvalue weighted by Crippen LogP contribution is -2.72. The Hall–Kier alpha value is -2.17. The summed E-state index contributed by atoms with van der Waals surface area (Å²) >= 11 is 2.39. The molecule has 0 fully saturated rings. The second-order valence-electron chi connectivity index (χ2n) is 6.71. The molecule has 1 aliphatic rings. The molecule has 0 unspecified atom stereocenters. The lowest BCUT2D eigenvalue weighted by atomic mass is 10.1. The van der Waals surface area contributed by atoms with E-state index in [2.05, 4.69) is 126 Å². The monoisotopic (exact) mass is 460 g/mol. The molecule has 2 heteroatoms. The molecule has 0 spiro atoms. The molecular weight excluding hydrogens is 443 g/mol. The van der Waals surface area contributed by atoms with Crippen LogP contribution in [0.1, 0.15) is 0 Å². The molecule has 0 saturated carbocycles. The highest BCUT2D eigenvalue weighted by Gasteiger charge is 2.48. The van der Waals surface area contributed by atoms with E-state index in [9.17, 15) is 0 Å². The summed E-state index contributed by atoms with van der Waals surface area (Å²) in [5.74, 6) is 0. The van der Waals surface area contributed by atoms with Crippen molar-refractivity contribution in [2.75, 3.05) is 0 Å². The van der Waals surface area contributed by atoms with Crippen LogP contribution in [0.2, 0.25) is 0 Å². The van der Waals surface area contributed by atoms with Crippen molar-refractivity contribution in [3.8, 4) is 11.1 Å². The highest BCUT2D eigenvalue weighted by molar-refractivity contribution is 14.1. The van der Waals surface area contributed by atoms with E-state index in [4.69, 9.17) is 0 Å². The summed E-state index contributed by atoms with van der Waals surface area (Å²) in [6, 6.07) is 38.3. The first-order valence-electron chi connectivity index (χ1n) is 8.83. The molecule has 26 heavy (non-hydrogen) atoms. The Kier molecular flexibility index (Phi) is 3.83. The van der Waals surface area contributed by atoms with Gasteiger partial charge in [-0.3, -0.25) is 0 Å².